The third-order valence-electron chi connectivity index (χ3n) is 4.78. The van der Waals surface area contributed by atoms with Gasteiger partial charge in [-0.2, -0.15) is 0 Å². The van der Waals surface area contributed by atoms with Crippen LogP contribution in [0.2, 0.25) is 0 Å². The Labute approximate surface area is 151 Å². The molecule has 4 rings (SSSR count). The largest absolute Gasteiger partial charge is 0.343 e. The van der Waals surface area contributed by atoms with Crippen LogP contribution in [-0.4, -0.2) is 27.4 Å². The summed E-state index contributed by atoms with van der Waals surface area (Å²) in [6.07, 6.45) is 0.125. The summed E-state index contributed by atoms with van der Waals surface area (Å²) in [5, 5.41) is 3.19. The summed E-state index contributed by atoms with van der Waals surface area (Å²) < 4.78 is 2.02. The standard InChI is InChI=1S/C20H20N4O2/c1-3-23-17-11-7-5-9-14(17)21-20(23)22-15-12-18(25)24(19(15)26)16-10-6-4-8-13(16)2/h4-11,15H,3,12H2,1-2H3,(H,21,22)/t15-/m1/s1. The first-order valence-corrected chi connectivity index (χ1v) is 8.74. The van der Waals surface area contributed by atoms with Crippen LogP contribution in [0.25, 0.3) is 11.0 Å². The molecule has 26 heavy (non-hydrogen) atoms. The van der Waals surface area contributed by atoms with E-state index in [1.54, 1.807) is 6.07 Å². The minimum absolute atomic E-state index is 0.125. The Morgan fingerprint density at radius 1 is 1.12 bits per heavy atom. The average molecular weight is 348 g/mol. The van der Waals surface area contributed by atoms with Crippen molar-refractivity contribution in [3.63, 3.8) is 0 Å². The van der Waals surface area contributed by atoms with E-state index < -0.39 is 6.04 Å². The molecule has 6 heteroatoms. The van der Waals surface area contributed by atoms with Gasteiger partial charge in [-0.1, -0.05) is 30.3 Å². The van der Waals surface area contributed by atoms with Gasteiger partial charge >= 0.3 is 0 Å². The molecule has 3 aromatic rings. The number of aryl methyl sites for hydroxylation is 2. The lowest BCUT2D eigenvalue weighted by Crippen LogP contribution is -2.35. The predicted octanol–water partition coefficient (Wildman–Crippen LogP) is 3.11. The summed E-state index contributed by atoms with van der Waals surface area (Å²) >= 11 is 0. The summed E-state index contributed by atoms with van der Waals surface area (Å²) in [4.78, 5) is 31.3. The van der Waals surface area contributed by atoms with E-state index in [1.807, 2.05) is 60.9 Å². The highest BCUT2D eigenvalue weighted by Gasteiger charge is 2.40. The van der Waals surface area contributed by atoms with Crippen LogP contribution >= 0.6 is 0 Å². The molecule has 6 nitrogen and oxygen atoms in total. The molecule has 1 atom stereocenters. The van der Waals surface area contributed by atoms with Crippen molar-refractivity contribution in [1.29, 1.82) is 0 Å². The SMILES string of the molecule is CCn1c(N[C@@H]2CC(=O)N(c3ccccc3C)C2=O)nc2ccccc21. The first-order valence-electron chi connectivity index (χ1n) is 8.74. The van der Waals surface area contributed by atoms with Crippen molar-refractivity contribution in [3.05, 3.63) is 54.1 Å². The molecule has 1 N–H and O–H groups in total. The second-order valence-electron chi connectivity index (χ2n) is 6.42. The van der Waals surface area contributed by atoms with Crippen LogP contribution in [0.5, 0.6) is 0 Å². The van der Waals surface area contributed by atoms with Crippen LogP contribution in [-0.2, 0) is 16.1 Å². The van der Waals surface area contributed by atoms with Gasteiger partial charge < -0.3 is 9.88 Å². The Morgan fingerprint density at radius 3 is 2.62 bits per heavy atom. The van der Waals surface area contributed by atoms with Gasteiger partial charge in [-0.15, -0.1) is 0 Å². The minimum atomic E-state index is -0.607. The molecule has 0 aliphatic carbocycles. The Balaban J connectivity index is 1.65. The zero-order valence-corrected chi connectivity index (χ0v) is 14.8. The molecule has 1 fully saturated rings. The maximum absolute atomic E-state index is 12.9. The van der Waals surface area contributed by atoms with Gasteiger partial charge in [0.15, 0.2) is 0 Å². The van der Waals surface area contributed by atoms with E-state index >= 15 is 0 Å². The number of nitrogens with zero attached hydrogens (tertiary/aromatic N) is 3. The van der Waals surface area contributed by atoms with Crippen molar-refractivity contribution in [2.45, 2.75) is 32.9 Å². The van der Waals surface area contributed by atoms with E-state index in [-0.39, 0.29) is 18.2 Å². The van der Waals surface area contributed by atoms with E-state index in [9.17, 15) is 9.59 Å². The van der Waals surface area contributed by atoms with Crippen molar-refractivity contribution in [1.82, 2.24) is 9.55 Å². The van der Waals surface area contributed by atoms with Crippen LogP contribution < -0.4 is 10.2 Å². The normalized spacial score (nSPS) is 17.3. The molecule has 0 bridgehead atoms. The van der Waals surface area contributed by atoms with E-state index in [0.717, 1.165) is 23.1 Å². The van der Waals surface area contributed by atoms with Crippen LogP contribution in [0.15, 0.2) is 48.5 Å². The van der Waals surface area contributed by atoms with E-state index in [2.05, 4.69) is 10.3 Å². The smallest absolute Gasteiger partial charge is 0.256 e. The number of imide groups is 1. The number of anilines is 2. The Hall–Kier alpha value is -3.15. The molecule has 132 valence electrons. The highest BCUT2D eigenvalue weighted by atomic mass is 16.2. The van der Waals surface area contributed by atoms with Gasteiger partial charge in [0.1, 0.15) is 6.04 Å². The van der Waals surface area contributed by atoms with E-state index in [4.69, 9.17) is 0 Å². The maximum atomic E-state index is 12.9. The van der Waals surface area contributed by atoms with Gasteiger partial charge in [0.25, 0.3) is 5.91 Å². The minimum Gasteiger partial charge on any atom is -0.343 e. The number of benzene rings is 2. The highest BCUT2D eigenvalue weighted by Crippen LogP contribution is 2.28. The lowest BCUT2D eigenvalue weighted by molar-refractivity contribution is -0.121. The molecule has 1 aromatic heterocycles. The van der Waals surface area contributed by atoms with E-state index in [1.165, 1.54) is 4.90 Å². The number of fused-ring (bicyclic) bond motifs is 1. The maximum Gasteiger partial charge on any atom is 0.256 e. The van der Waals surface area contributed by atoms with Crippen molar-refractivity contribution in [3.8, 4) is 0 Å². The van der Waals surface area contributed by atoms with Gasteiger partial charge in [-0.3, -0.25) is 9.59 Å². The van der Waals surface area contributed by atoms with Crippen molar-refractivity contribution >= 4 is 34.5 Å². The molecule has 2 aromatic carbocycles. The number of amides is 2. The van der Waals surface area contributed by atoms with Crippen LogP contribution in [0, 0.1) is 6.92 Å². The lowest BCUT2D eigenvalue weighted by atomic mass is 10.2. The Kier molecular flexibility index (Phi) is 3.95. The Morgan fingerprint density at radius 2 is 1.85 bits per heavy atom. The number of nitrogens with one attached hydrogen (secondary N) is 1. The second-order valence-corrected chi connectivity index (χ2v) is 6.42. The molecular weight excluding hydrogens is 328 g/mol. The zero-order valence-electron chi connectivity index (χ0n) is 14.8. The van der Waals surface area contributed by atoms with Gasteiger partial charge in [0, 0.05) is 6.54 Å². The fraction of sp³-hybridized carbons (Fsp3) is 0.250. The van der Waals surface area contributed by atoms with E-state index in [0.29, 0.717) is 11.6 Å². The number of aromatic nitrogens is 2. The topological polar surface area (TPSA) is 67.2 Å². The number of para-hydroxylation sites is 3. The summed E-state index contributed by atoms with van der Waals surface area (Å²) in [7, 11) is 0. The molecular formula is C20H20N4O2. The van der Waals surface area contributed by atoms with Gasteiger partial charge in [-0.25, -0.2) is 9.88 Å². The van der Waals surface area contributed by atoms with Crippen molar-refractivity contribution < 1.29 is 9.59 Å². The van der Waals surface area contributed by atoms with Gasteiger partial charge in [0.05, 0.1) is 23.1 Å². The summed E-state index contributed by atoms with van der Waals surface area (Å²) in [5.74, 6) is 0.187. The monoisotopic (exact) mass is 348 g/mol. The van der Waals surface area contributed by atoms with Crippen LogP contribution in [0.1, 0.15) is 18.9 Å². The number of hydrogen-bond acceptors (Lipinski definition) is 4. The van der Waals surface area contributed by atoms with Crippen molar-refractivity contribution in [2.24, 2.45) is 0 Å². The molecule has 1 aliphatic heterocycles. The predicted molar refractivity (Wildman–Crippen MR) is 101 cm³/mol. The first kappa shape index (κ1) is 16.3. The summed E-state index contributed by atoms with van der Waals surface area (Å²) in [5.41, 5.74) is 3.42. The average Bonchev–Trinajstić information content (AvgIpc) is 3.12. The van der Waals surface area contributed by atoms with Crippen LogP contribution in [0.3, 0.4) is 0 Å². The molecule has 2 amide bonds. The molecule has 0 spiro atoms. The summed E-state index contributed by atoms with van der Waals surface area (Å²) in [6.45, 7) is 4.65. The number of hydrogen-bond donors (Lipinski definition) is 1. The van der Waals surface area contributed by atoms with Crippen molar-refractivity contribution in [2.75, 3.05) is 10.2 Å². The second kappa shape index (κ2) is 6.29. The fourth-order valence-corrected chi connectivity index (χ4v) is 3.47. The molecule has 1 saturated heterocycles. The number of carbonyl (C=O) groups excluding carboxylic acids is 2. The third kappa shape index (κ3) is 2.54. The quantitative estimate of drug-likeness (QED) is 0.736. The highest BCUT2D eigenvalue weighted by molar-refractivity contribution is 6.23. The molecule has 2 heterocycles. The van der Waals surface area contributed by atoms with Crippen LogP contribution in [0.4, 0.5) is 11.6 Å². The molecule has 0 saturated carbocycles. The molecule has 0 unspecified atom stereocenters. The zero-order chi connectivity index (χ0) is 18.3. The number of rotatable bonds is 4. The van der Waals surface area contributed by atoms with Gasteiger partial charge in [-0.05, 0) is 37.6 Å². The third-order valence-corrected chi connectivity index (χ3v) is 4.78. The summed E-state index contributed by atoms with van der Waals surface area (Å²) in [6, 6.07) is 14.6. The first-order chi connectivity index (χ1) is 12.6. The lowest BCUT2D eigenvalue weighted by Gasteiger charge is -2.18. The molecule has 0 radical (unpaired) electrons. The Bertz CT molecular complexity index is 1010. The van der Waals surface area contributed by atoms with Gasteiger partial charge in [0.2, 0.25) is 11.9 Å². The number of carbonyl (C=O) groups is 2. The molecule has 1 aliphatic rings. The number of imidazole rings is 1. The fourth-order valence-electron chi connectivity index (χ4n) is 3.47.